The van der Waals surface area contributed by atoms with Gasteiger partial charge in [0, 0.05) is 0 Å². The number of rotatable bonds is 2. The highest BCUT2D eigenvalue weighted by Crippen LogP contribution is 2.31. The zero-order valence-corrected chi connectivity index (χ0v) is 9.32. The van der Waals surface area contributed by atoms with Gasteiger partial charge in [0.1, 0.15) is 5.75 Å². The molecule has 0 aliphatic carbocycles. The molecule has 2 rings (SSSR count). The van der Waals surface area contributed by atoms with Crippen LogP contribution in [0.25, 0.3) is 0 Å². The van der Waals surface area contributed by atoms with E-state index in [9.17, 15) is 9.59 Å². The fourth-order valence-electron chi connectivity index (χ4n) is 1.81. The van der Waals surface area contributed by atoms with Crippen molar-refractivity contribution in [1.29, 1.82) is 0 Å². The average molecular weight is 219 g/mol. The number of ketones is 1. The summed E-state index contributed by atoms with van der Waals surface area (Å²) in [5, 5.41) is 0. The van der Waals surface area contributed by atoms with E-state index in [2.05, 4.69) is 0 Å². The Kier molecular flexibility index (Phi) is 2.64. The van der Waals surface area contributed by atoms with Gasteiger partial charge in [-0.2, -0.15) is 0 Å². The van der Waals surface area contributed by atoms with Gasteiger partial charge in [-0.15, -0.1) is 0 Å². The lowest BCUT2D eigenvalue weighted by molar-refractivity contribution is -0.121. The number of nitrogens with zero attached hydrogens (tertiary/aromatic N) is 1. The maximum atomic E-state index is 11.6. The van der Waals surface area contributed by atoms with Crippen LogP contribution in [0.1, 0.15) is 12.0 Å². The first kappa shape index (κ1) is 10.7. The lowest BCUT2D eigenvalue weighted by atomic mass is 10.2. The second-order valence-corrected chi connectivity index (χ2v) is 3.87. The van der Waals surface area contributed by atoms with Crippen LogP contribution in [0, 0.1) is 6.92 Å². The number of methoxy groups -OCH3 is 1. The molecule has 4 nitrogen and oxygen atoms in total. The van der Waals surface area contributed by atoms with Gasteiger partial charge in [-0.05, 0) is 24.6 Å². The van der Waals surface area contributed by atoms with Gasteiger partial charge >= 0.3 is 0 Å². The third kappa shape index (κ3) is 1.78. The molecule has 1 fully saturated rings. The molecule has 84 valence electrons. The van der Waals surface area contributed by atoms with E-state index in [-0.39, 0.29) is 24.7 Å². The number of ether oxygens (including phenoxy) is 1. The Hall–Kier alpha value is -1.84. The Morgan fingerprint density at radius 3 is 2.62 bits per heavy atom. The number of carbonyl (C=O) groups excluding carboxylic acids is 2. The number of anilines is 1. The predicted octanol–water partition coefficient (Wildman–Crippen LogP) is 1.31. The van der Waals surface area contributed by atoms with Crippen molar-refractivity contribution in [2.45, 2.75) is 13.3 Å². The van der Waals surface area contributed by atoms with Gasteiger partial charge in [0.2, 0.25) is 5.91 Å². The molecule has 0 N–H and O–H groups in total. The molecule has 16 heavy (non-hydrogen) atoms. The van der Waals surface area contributed by atoms with E-state index in [0.29, 0.717) is 11.4 Å². The van der Waals surface area contributed by atoms with Crippen LogP contribution in [0.3, 0.4) is 0 Å². The molecule has 0 aromatic heterocycles. The van der Waals surface area contributed by atoms with Crippen LogP contribution < -0.4 is 9.64 Å². The van der Waals surface area contributed by atoms with Gasteiger partial charge in [-0.25, -0.2) is 0 Å². The minimum Gasteiger partial charge on any atom is -0.495 e. The summed E-state index contributed by atoms with van der Waals surface area (Å²) >= 11 is 0. The molecule has 0 radical (unpaired) electrons. The summed E-state index contributed by atoms with van der Waals surface area (Å²) in [6.07, 6.45) is -0.00295. The standard InChI is InChI=1S/C12H13NO3/c1-8-3-4-10(11(5-8)16-2)13-7-9(14)6-12(13)15/h3-5H,6-7H2,1-2H3. The van der Waals surface area contributed by atoms with Crippen molar-refractivity contribution < 1.29 is 14.3 Å². The van der Waals surface area contributed by atoms with Gasteiger partial charge in [0.25, 0.3) is 0 Å². The minimum atomic E-state index is -0.160. The van der Waals surface area contributed by atoms with E-state index < -0.39 is 0 Å². The van der Waals surface area contributed by atoms with Crippen LogP contribution in [0.2, 0.25) is 0 Å². The molecule has 1 amide bonds. The second-order valence-electron chi connectivity index (χ2n) is 3.87. The van der Waals surface area contributed by atoms with Crippen LogP contribution in [0.5, 0.6) is 5.75 Å². The van der Waals surface area contributed by atoms with Crippen molar-refractivity contribution in [3.8, 4) is 5.75 Å². The van der Waals surface area contributed by atoms with Crippen LogP contribution in [0.4, 0.5) is 5.69 Å². The molecule has 0 atom stereocenters. The van der Waals surface area contributed by atoms with Gasteiger partial charge in [0.15, 0.2) is 5.78 Å². The summed E-state index contributed by atoms with van der Waals surface area (Å²) < 4.78 is 5.22. The maximum absolute atomic E-state index is 11.6. The molecule has 1 aliphatic heterocycles. The van der Waals surface area contributed by atoms with Gasteiger partial charge in [-0.1, -0.05) is 6.07 Å². The minimum absolute atomic E-state index is 0.00295. The zero-order valence-electron chi connectivity index (χ0n) is 9.32. The van der Waals surface area contributed by atoms with Gasteiger partial charge < -0.3 is 9.64 Å². The topological polar surface area (TPSA) is 46.6 Å². The number of benzene rings is 1. The van der Waals surface area contributed by atoms with Crippen molar-refractivity contribution in [1.82, 2.24) is 0 Å². The molecule has 0 bridgehead atoms. The van der Waals surface area contributed by atoms with Crippen molar-refractivity contribution >= 4 is 17.4 Å². The summed E-state index contributed by atoms with van der Waals surface area (Å²) in [7, 11) is 1.56. The quantitative estimate of drug-likeness (QED) is 0.704. The molecule has 1 aliphatic rings. The van der Waals surface area contributed by atoms with Crippen molar-refractivity contribution in [2.24, 2.45) is 0 Å². The number of Topliss-reactive ketones (excluding diaryl/α,β-unsaturated/α-hetero) is 1. The Balaban J connectivity index is 2.40. The zero-order chi connectivity index (χ0) is 11.7. The van der Waals surface area contributed by atoms with Gasteiger partial charge in [0.05, 0.1) is 25.8 Å². The Labute approximate surface area is 93.8 Å². The summed E-state index contributed by atoms with van der Waals surface area (Å²) in [5.41, 5.74) is 1.72. The first-order valence-corrected chi connectivity index (χ1v) is 5.08. The van der Waals surface area contributed by atoms with E-state index in [4.69, 9.17) is 4.74 Å². The smallest absolute Gasteiger partial charge is 0.235 e. The highest BCUT2D eigenvalue weighted by molar-refractivity contribution is 6.15. The van der Waals surface area contributed by atoms with E-state index >= 15 is 0 Å². The lowest BCUT2D eigenvalue weighted by Gasteiger charge is -2.18. The summed E-state index contributed by atoms with van der Waals surface area (Å²) in [6.45, 7) is 2.10. The predicted molar refractivity (Wildman–Crippen MR) is 59.7 cm³/mol. The SMILES string of the molecule is COc1cc(C)ccc1N1CC(=O)CC1=O. The fraction of sp³-hybridized carbons (Fsp3) is 0.333. The summed E-state index contributed by atoms with van der Waals surface area (Å²) in [6, 6.07) is 5.56. The summed E-state index contributed by atoms with van der Waals surface area (Å²) in [5.74, 6) is 0.419. The molecule has 0 unspecified atom stereocenters. The highest BCUT2D eigenvalue weighted by Gasteiger charge is 2.30. The first-order valence-electron chi connectivity index (χ1n) is 5.08. The largest absolute Gasteiger partial charge is 0.495 e. The molecule has 1 saturated heterocycles. The first-order chi connectivity index (χ1) is 7.61. The molecule has 0 spiro atoms. The second kappa shape index (κ2) is 3.96. The van der Waals surface area contributed by atoms with E-state index in [1.165, 1.54) is 4.90 Å². The average Bonchev–Trinajstić information content (AvgIpc) is 2.57. The number of hydrogen-bond acceptors (Lipinski definition) is 3. The molecular formula is C12H13NO3. The van der Waals surface area contributed by atoms with Crippen molar-refractivity contribution in [2.75, 3.05) is 18.6 Å². The van der Waals surface area contributed by atoms with Gasteiger partial charge in [-0.3, -0.25) is 9.59 Å². The monoisotopic (exact) mass is 219 g/mol. The number of hydrogen-bond donors (Lipinski definition) is 0. The molecule has 1 aromatic carbocycles. The highest BCUT2D eigenvalue weighted by atomic mass is 16.5. The number of aryl methyl sites for hydroxylation is 1. The number of carbonyl (C=O) groups is 2. The van der Waals surface area contributed by atoms with Crippen LogP contribution in [-0.2, 0) is 9.59 Å². The van der Waals surface area contributed by atoms with E-state index in [1.807, 2.05) is 25.1 Å². The molecule has 1 heterocycles. The summed E-state index contributed by atoms with van der Waals surface area (Å²) in [4.78, 5) is 24.3. The lowest BCUT2D eigenvalue weighted by Crippen LogP contribution is -2.25. The van der Waals surface area contributed by atoms with Crippen LogP contribution in [0.15, 0.2) is 18.2 Å². The number of amides is 1. The Bertz CT molecular complexity index is 454. The van der Waals surface area contributed by atoms with E-state index in [1.54, 1.807) is 7.11 Å². The Morgan fingerprint density at radius 1 is 1.31 bits per heavy atom. The third-order valence-corrected chi connectivity index (χ3v) is 2.61. The maximum Gasteiger partial charge on any atom is 0.235 e. The Morgan fingerprint density at radius 2 is 2.06 bits per heavy atom. The normalized spacial score (nSPS) is 15.8. The van der Waals surface area contributed by atoms with Crippen molar-refractivity contribution in [3.05, 3.63) is 23.8 Å². The van der Waals surface area contributed by atoms with E-state index in [0.717, 1.165) is 5.56 Å². The third-order valence-electron chi connectivity index (χ3n) is 2.61. The molecular weight excluding hydrogens is 206 g/mol. The van der Waals surface area contributed by atoms with Crippen LogP contribution in [-0.4, -0.2) is 25.3 Å². The fourth-order valence-corrected chi connectivity index (χ4v) is 1.81. The molecule has 4 heteroatoms. The molecule has 1 aromatic rings. The molecule has 0 saturated carbocycles. The van der Waals surface area contributed by atoms with Crippen molar-refractivity contribution in [3.63, 3.8) is 0 Å². The van der Waals surface area contributed by atoms with Crippen LogP contribution >= 0.6 is 0 Å².